The number of hydrogen-bond donors (Lipinski definition) is 6. The molecule has 16 heteroatoms. The van der Waals surface area contributed by atoms with Gasteiger partial charge in [-0.3, -0.25) is 18.8 Å². The predicted octanol–water partition coefficient (Wildman–Crippen LogP) is -1.05. The predicted molar refractivity (Wildman–Crippen MR) is 117 cm³/mol. The van der Waals surface area contributed by atoms with Gasteiger partial charge in [0.25, 0.3) is 5.91 Å². The smallest absolute Gasteiger partial charge is 0.324 e. The van der Waals surface area contributed by atoms with E-state index in [2.05, 4.69) is 10.4 Å². The summed E-state index contributed by atoms with van der Waals surface area (Å²) in [5, 5.41) is 3.87. The van der Waals surface area contributed by atoms with E-state index in [0.29, 0.717) is 36.4 Å². The molecule has 0 bridgehead atoms. The number of nitrogens with one attached hydrogen (secondary N) is 1. The Labute approximate surface area is 185 Å². The molecule has 180 valence electrons. The molecule has 1 aliphatic heterocycles. The lowest BCUT2D eigenvalue weighted by Crippen LogP contribution is -2.40. The lowest BCUT2D eigenvalue weighted by atomic mass is 9.76. The number of carbonyl (C=O) groups is 1. The third kappa shape index (κ3) is 6.24. The molecule has 32 heavy (non-hydrogen) atoms. The van der Waals surface area contributed by atoms with Crippen LogP contribution < -0.4 is 11.2 Å². The first kappa shape index (κ1) is 26.6. The molecule has 0 aromatic carbocycles. The minimum absolute atomic E-state index is 0.0636. The second-order valence-electron chi connectivity index (χ2n) is 7.47. The van der Waals surface area contributed by atoms with Crippen LogP contribution in [0.3, 0.4) is 0 Å². The summed E-state index contributed by atoms with van der Waals surface area (Å²) in [6.07, 6.45) is 4.51. The van der Waals surface area contributed by atoms with Crippen molar-refractivity contribution in [2.24, 2.45) is 22.8 Å². The fourth-order valence-electron chi connectivity index (χ4n) is 3.90. The van der Waals surface area contributed by atoms with Gasteiger partial charge in [-0.15, -0.1) is 0 Å². The van der Waals surface area contributed by atoms with Crippen LogP contribution in [0.2, 0.25) is 0 Å². The van der Waals surface area contributed by atoms with Gasteiger partial charge in [0.15, 0.2) is 5.40 Å². The van der Waals surface area contributed by atoms with Gasteiger partial charge in [-0.05, 0) is 49.6 Å². The van der Waals surface area contributed by atoms with Gasteiger partial charge in [-0.2, -0.15) is 13.5 Å². The number of nitrogens with zero attached hydrogens (tertiary/aromatic N) is 2. The number of carbonyl (C=O) groups excluding carboxylic acids is 1. The molecule has 0 saturated carbocycles. The lowest BCUT2D eigenvalue weighted by Gasteiger charge is -2.33. The SMILES string of the molecule is CC1C(C2CCNCC2)=C(C(=O)N(C=NN)CC(P(=O)(O)O)P(=O)(O)O)C=CC1=S(=O)=O. The average molecular weight is 512 g/mol. The van der Waals surface area contributed by atoms with Crippen LogP contribution in [-0.4, -0.2) is 75.0 Å². The highest BCUT2D eigenvalue weighted by Crippen LogP contribution is 2.60. The van der Waals surface area contributed by atoms with Crippen molar-refractivity contribution in [3.05, 3.63) is 23.3 Å². The second kappa shape index (κ2) is 10.5. The van der Waals surface area contributed by atoms with Crippen molar-refractivity contribution in [2.75, 3.05) is 19.6 Å². The van der Waals surface area contributed by atoms with Gasteiger partial charge in [0.1, 0.15) is 6.34 Å². The number of allylic oxidation sites excluding steroid dienone is 2. The Kier molecular flexibility index (Phi) is 8.76. The van der Waals surface area contributed by atoms with Crippen molar-refractivity contribution in [2.45, 2.75) is 25.2 Å². The first-order valence-electron chi connectivity index (χ1n) is 9.52. The Morgan fingerprint density at radius 1 is 1.25 bits per heavy atom. The van der Waals surface area contributed by atoms with Crippen LogP contribution in [0.25, 0.3) is 0 Å². The first-order valence-corrected chi connectivity index (χ1v) is 14.0. The Bertz CT molecular complexity index is 1040. The van der Waals surface area contributed by atoms with Gasteiger partial charge < -0.3 is 30.7 Å². The minimum Gasteiger partial charge on any atom is -0.324 e. The Morgan fingerprint density at radius 3 is 2.28 bits per heavy atom. The highest BCUT2D eigenvalue weighted by Gasteiger charge is 2.45. The van der Waals surface area contributed by atoms with Crippen LogP contribution in [0.5, 0.6) is 0 Å². The van der Waals surface area contributed by atoms with Crippen molar-refractivity contribution in [3.8, 4) is 0 Å². The van der Waals surface area contributed by atoms with E-state index in [9.17, 15) is 41.9 Å². The molecular formula is C16H26N4O9P2S. The number of hydrogen-bond acceptors (Lipinski definition) is 8. The van der Waals surface area contributed by atoms with Gasteiger partial charge in [0.2, 0.25) is 10.3 Å². The maximum Gasteiger partial charge on any atom is 0.342 e. The molecule has 1 amide bonds. The van der Waals surface area contributed by atoms with Crippen molar-refractivity contribution < 1.29 is 41.9 Å². The Balaban J connectivity index is 2.57. The summed E-state index contributed by atoms with van der Waals surface area (Å²) in [6.45, 7) is 1.88. The molecule has 1 aliphatic carbocycles. The van der Waals surface area contributed by atoms with Crippen LogP contribution >= 0.6 is 15.2 Å². The van der Waals surface area contributed by atoms with Crippen LogP contribution in [0, 0.1) is 11.8 Å². The van der Waals surface area contributed by atoms with E-state index in [-0.39, 0.29) is 16.4 Å². The molecule has 0 spiro atoms. The van der Waals surface area contributed by atoms with Gasteiger partial charge in [0.05, 0.1) is 11.4 Å². The average Bonchev–Trinajstić information content (AvgIpc) is 2.68. The summed E-state index contributed by atoms with van der Waals surface area (Å²) < 4.78 is 46.6. The molecule has 1 fully saturated rings. The fraction of sp³-hybridized carbons (Fsp3) is 0.562. The minimum atomic E-state index is -5.32. The van der Waals surface area contributed by atoms with Crippen molar-refractivity contribution in [1.29, 1.82) is 0 Å². The summed E-state index contributed by atoms with van der Waals surface area (Å²) in [5.74, 6) is 3.46. The first-order chi connectivity index (χ1) is 14.8. The highest BCUT2D eigenvalue weighted by atomic mass is 32.2. The quantitative estimate of drug-likeness (QED) is 0.0603. The zero-order valence-corrected chi connectivity index (χ0v) is 19.7. The zero-order chi connectivity index (χ0) is 24.3. The van der Waals surface area contributed by atoms with Crippen LogP contribution in [0.4, 0.5) is 0 Å². The van der Waals surface area contributed by atoms with Gasteiger partial charge in [0, 0.05) is 11.5 Å². The summed E-state index contributed by atoms with van der Waals surface area (Å²) in [4.78, 5) is 51.7. The molecule has 7 N–H and O–H groups in total. The van der Waals surface area contributed by atoms with E-state index >= 15 is 0 Å². The molecule has 0 aromatic heterocycles. The third-order valence-corrected chi connectivity index (χ3v) is 9.98. The number of piperidine rings is 1. The van der Waals surface area contributed by atoms with Crippen LogP contribution in [0.1, 0.15) is 19.8 Å². The van der Waals surface area contributed by atoms with Gasteiger partial charge >= 0.3 is 15.2 Å². The molecule has 1 unspecified atom stereocenters. The molecule has 1 atom stereocenters. The van der Waals surface area contributed by atoms with Gasteiger partial charge in [-0.1, -0.05) is 6.92 Å². The largest absolute Gasteiger partial charge is 0.342 e. The molecule has 0 radical (unpaired) electrons. The highest BCUT2D eigenvalue weighted by molar-refractivity contribution is 7.73. The standard InChI is InChI=1S/C16H26N4O9P2S/c1-10-13(32(28)29)3-2-12(15(10)11-4-6-18-7-5-11)16(21)20(9-19-17)8-14(30(22,23)24)31(25,26)27/h2-3,9-11,14,18H,4-8,17H2,1H3,(H2,22,23,24)(H2,25,26,27). The van der Waals surface area contributed by atoms with E-state index in [1.807, 2.05) is 0 Å². The summed E-state index contributed by atoms with van der Waals surface area (Å²) in [5.41, 5.74) is 0.589. The Morgan fingerprint density at radius 2 is 1.81 bits per heavy atom. The van der Waals surface area contributed by atoms with E-state index in [0.717, 1.165) is 6.34 Å². The molecule has 13 nitrogen and oxygen atoms in total. The van der Waals surface area contributed by atoms with E-state index in [1.165, 1.54) is 12.2 Å². The Hall–Kier alpha value is -1.63. The molecular weight excluding hydrogens is 486 g/mol. The molecule has 1 saturated heterocycles. The van der Waals surface area contributed by atoms with Gasteiger partial charge in [-0.25, -0.2) is 0 Å². The molecule has 2 rings (SSSR count). The van der Waals surface area contributed by atoms with Crippen molar-refractivity contribution in [3.63, 3.8) is 0 Å². The fourth-order valence-corrected chi connectivity index (χ4v) is 6.84. The van der Waals surface area contributed by atoms with Crippen LogP contribution in [0.15, 0.2) is 28.4 Å². The number of nitrogens with two attached hydrogens (primary N) is 1. The number of hydrazone groups is 1. The third-order valence-electron chi connectivity index (χ3n) is 5.42. The summed E-state index contributed by atoms with van der Waals surface area (Å²) >= 11 is 0. The normalized spacial score (nSPS) is 20.9. The number of amides is 1. The number of rotatable bonds is 7. The lowest BCUT2D eigenvalue weighted by molar-refractivity contribution is -0.123. The second-order valence-corrected chi connectivity index (χ2v) is 12.4. The van der Waals surface area contributed by atoms with Crippen LogP contribution in [-0.2, 0) is 24.2 Å². The summed E-state index contributed by atoms with van der Waals surface area (Å²) in [6, 6.07) is 0. The topological polar surface area (TPSA) is 220 Å². The monoisotopic (exact) mass is 512 g/mol. The van der Waals surface area contributed by atoms with E-state index in [1.54, 1.807) is 6.92 Å². The summed E-state index contributed by atoms with van der Waals surface area (Å²) in [7, 11) is -13.2. The molecule has 1 heterocycles. The van der Waals surface area contributed by atoms with E-state index < -0.39 is 49.3 Å². The van der Waals surface area contributed by atoms with E-state index in [4.69, 9.17) is 5.84 Å². The zero-order valence-electron chi connectivity index (χ0n) is 17.1. The maximum atomic E-state index is 13.3. The van der Waals surface area contributed by atoms with Crippen molar-refractivity contribution in [1.82, 2.24) is 10.2 Å². The maximum absolute atomic E-state index is 13.3. The molecule has 2 aliphatic rings. The molecule has 0 aromatic rings. The van der Waals surface area contributed by atoms with Crippen molar-refractivity contribution >= 4 is 42.6 Å².